The van der Waals surface area contributed by atoms with Crippen LogP contribution in [0, 0.1) is 0 Å². The van der Waals surface area contributed by atoms with E-state index in [1.54, 1.807) is 4.90 Å². The van der Waals surface area contributed by atoms with Gasteiger partial charge in [0.1, 0.15) is 5.75 Å². The van der Waals surface area contributed by atoms with Gasteiger partial charge < -0.3 is 14.5 Å². The number of anilines is 1. The van der Waals surface area contributed by atoms with Crippen molar-refractivity contribution in [2.24, 2.45) is 0 Å². The van der Waals surface area contributed by atoms with Gasteiger partial charge in [-0.15, -0.1) is 0 Å². The summed E-state index contributed by atoms with van der Waals surface area (Å²) in [5.41, 5.74) is -4.05. The fourth-order valence-corrected chi connectivity index (χ4v) is 3.89. The largest absolute Gasteiger partial charge is 0.478 e. The number of ether oxygens (including phenoxy) is 1. The van der Waals surface area contributed by atoms with Crippen LogP contribution in [0.25, 0.3) is 0 Å². The molecule has 36 heavy (non-hydrogen) atoms. The summed E-state index contributed by atoms with van der Waals surface area (Å²) in [4.78, 5) is 23.2. The molecule has 0 saturated carbocycles. The summed E-state index contributed by atoms with van der Waals surface area (Å²) in [7, 11) is -3.79. The molecule has 15 heteroatoms. The molecular weight excluding hydrogens is 518 g/mol. The number of nitrogens with zero attached hydrogens (tertiary/aromatic N) is 4. The molecule has 0 aliphatic carbocycles. The zero-order chi connectivity index (χ0) is 27.1. The van der Waals surface area contributed by atoms with Crippen LogP contribution in [0.2, 0.25) is 0 Å². The first-order valence-corrected chi connectivity index (χ1v) is 12.3. The molecular formula is C21H22F6N4O4S. The maximum Gasteiger partial charge on any atom is 0.427 e. The van der Waals surface area contributed by atoms with Gasteiger partial charge in [-0.2, -0.15) is 26.3 Å². The van der Waals surface area contributed by atoms with E-state index < -0.39 is 45.0 Å². The van der Waals surface area contributed by atoms with Gasteiger partial charge in [0.15, 0.2) is 15.4 Å². The van der Waals surface area contributed by atoms with Crippen LogP contribution in [0.15, 0.2) is 35.5 Å². The minimum absolute atomic E-state index is 0.0186. The Morgan fingerprint density at radius 1 is 0.972 bits per heavy atom. The van der Waals surface area contributed by atoms with Gasteiger partial charge in [-0.3, -0.25) is 4.79 Å². The zero-order valence-corrected chi connectivity index (χ0v) is 20.1. The lowest BCUT2D eigenvalue weighted by atomic mass is 10.1. The van der Waals surface area contributed by atoms with E-state index in [1.807, 2.05) is 0 Å². The smallest absolute Gasteiger partial charge is 0.427 e. The van der Waals surface area contributed by atoms with Crippen molar-refractivity contribution in [2.75, 3.05) is 37.3 Å². The van der Waals surface area contributed by atoms with Crippen LogP contribution in [0.5, 0.6) is 5.75 Å². The van der Waals surface area contributed by atoms with Crippen LogP contribution in [0.1, 0.15) is 29.8 Å². The summed E-state index contributed by atoms with van der Waals surface area (Å²) in [6.07, 6.45) is -7.20. The highest BCUT2D eigenvalue weighted by Gasteiger charge is 2.50. The van der Waals surface area contributed by atoms with Crippen molar-refractivity contribution in [2.45, 2.75) is 36.7 Å². The first kappa shape index (κ1) is 27.5. The number of sulfone groups is 1. The Balaban J connectivity index is 1.83. The number of carbonyl (C=O) groups is 1. The highest BCUT2D eigenvalue weighted by Crippen LogP contribution is 2.36. The average molecular weight is 540 g/mol. The monoisotopic (exact) mass is 540 g/mol. The second-order valence-corrected chi connectivity index (χ2v) is 10.6. The molecule has 0 spiro atoms. The van der Waals surface area contributed by atoms with E-state index in [-0.39, 0.29) is 42.6 Å². The lowest BCUT2D eigenvalue weighted by molar-refractivity contribution is -0.234. The predicted molar refractivity (Wildman–Crippen MR) is 115 cm³/mol. The number of benzene rings is 1. The van der Waals surface area contributed by atoms with Crippen molar-refractivity contribution in [3.8, 4) is 5.75 Å². The standard InChI is InChI=1S/C21H22F6N4O4S/c1-19(2,21(25,26)27)35-16-5-4-14(36(3,33)34)10-15(16)17(32)30-6-8-31(9-7-30)18-28-11-13(12-29-18)20(22,23)24/h4-5,10-12H,6-9H2,1-3H3. The third-order valence-electron chi connectivity index (χ3n) is 5.47. The highest BCUT2D eigenvalue weighted by atomic mass is 32.2. The Kier molecular flexibility index (Phi) is 7.18. The van der Waals surface area contributed by atoms with Gasteiger partial charge in [0.2, 0.25) is 5.95 Å². The minimum atomic E-state index is -4.78. The molecule has 1 amide bonds. The van der Waals surface area contributed by atoms with Crippen LogP contribution in [-0.4, -0.2) is 73.4 Å². The third kappa shape index (κ3) is 5.99. The highest BCUT2D eigenvalue weighted by molar-refractivity contribution is 7.90. The quantitative estimate of drug-likeness (QED) is 0.536. The molecule has 1 aliphatic rings. The Bertz CT molecular complexity index is 1220. The topological polar surface area (TPSA) is 92.7 Å². The molecule has 2 heterocycles. The van der Waals surface area contributed by atoms with Crippen LogP contribution >= 0.6 is 0 Å². The second kappa shape index (κ2) is 9.41. The molecule has 0 unspecified atom stereocenters. The molecule has 0 N–H and O–H groups in total. The number of hydrogen-bond donors (Lipinski definition) is 0. The summed E-state index contributed by atoms with van der Waals surface area (Å²) in [6, 6.07) is 3.02. The van der Waals surface area contributed by atoms with Gasteiger partial charge >= 0.3 is 12.4 Å². The summed E-state index contributed by atoms with van der Waals surface area (Å²) in [5.74, 6) is -1.19. The van der Waals surface area contributed by atoms with Crippen molar-refractivity contribution in [1.29, 1.82) is 0 Å². The third-order valence-corrected chi connectivity index (χ3v) is 6.58. The van der Waals surface area contributed by atoms with Gasteiger partial charge in [-0.05, 0) is 32.0 Å². The average Bonchev–Trinajstić information content (AvgIpc) is 2.77. The number of carbonyl (C=O) groups excluding carboxylic acids is 1. The fourth-order valence-electron chi connectivity index (χ4n) is 3.24. The van der Waals surface area contributed by atoms with Crippen molar-refractivity contribution in [3.63, 3.8) is 0 Å². The van der Waals surface area contributed by atoms with Gasteiger partial charge in [-0.1, -0.05) is 0 Å². The molecule has 3 rings (SSSR count). The maximum atomic E-state index is 13.4. The van der Waals surface area contributed by atoms with E-state index >= 15 is 0 Å². The molecule has 8 nitrogen and oxygen atoms in total. The van der Waals surface area contributed by atoms with Crippen molar-refractivity contribution >= 4 is 21.7 Å². The first-order chi connectivity index (χ1) is 16.4. The maximum absolute atomic E-state index is 13.4. The summed E-state index contributed by atoms with van der Waals surface area (Å²) < 4.78 is 107. The molecule has 1 aliphatic heterocycles. The normalized spacial score (nSPS) is 15.7. The number of amides is 1. The number of alkyl halides is 6. The summed E-state index contributed by atoms with van der Waals surface area (Å²) in [6.45, 7) is 1.83. The molecule has 0 bridgehead atoms. The van der Waals surface area contributed by atoms with E-state index in [0.717, 1.165) is 38.3 Å². The Morgan fingerprint density at radius 3 is 2.00 bits per heavy atom. The number of piperazine rings is 1. The minimum Gasteiger partial charge on any atom is -0.478 e. The second-order valence-electron chi connectivity index (χ2n) is 8.59. The van der Waals surface area contributed by atoms with Gasteiger partial charge in [0, 0.05) is 44.8 Å². The fraction of sp³-hybridized carbons (Fsp3) is 0.476. The molecule has 1 fully saturated rings. The number of rotatable bonds is 5. The molecule has 0 radical (unpaired) electrons. The molecule has 0 atom stereocenters. The number of halogens is 6. The van der Waals surface area contributed by atoms with Crippen LogP contribution in [0.4, 0.5) is 32.3 Å². The SMILES string of the molecule is CC(C)(Oc1ccc(S(C)(=O)=O)cc1C(=O)N1CCN(c2ncc(C(F)(F)F)cn2)CC1)C(F)(F)F. The first-order valence-electron chi connectivity index (χ1n) is 10.4. The number of aromatic nitrogens is 2. The zero-order valence-electron chi connectivity index (χ0n) is 19.3. The molecule has 1 aromatic carbocycles. The van der Waals surface area contributed by atoms with Crippen LogP contribution in [0.3, 0.4) is 0 Å². The summed E-state index contributed by atoms with van der Waals surface area (Å²) in [5, 5.41) is 0. The van der Waals surface area contributed by atoms with E-state index in [9.17, 15) is 39.6 Å². The Hall–Kier alpha value is -3.10. The Morgan fingerprint density at radius 2 is 1.53 bits per heavy atom. The van der Waals surface area contributed by atoms with E-state index in [4.69, 9.17) is 4.74 Å². The van der Waals surface area contributed by atoms with Gasteiger partial charge in [0.05, 0.1) is 16.0 Å². The van der Waals surface area contributed by atoms with E-state index in [0.29, 0.717) is 12.4 Å². The van der Waals surface area contributed by atoms with Crippen molar-refractivity contribution < 1.29 is 44.3 Å². The van der Waals surface area contributed by atoms with E-state index in [1.165, 1.54) is 4.90 Å². The molecule has 1 saturated heterocycles. The van der Waals surface area contributed by atoms with Crippen LogP contribution < -0.4 is 9.64 Å². The number of hydrogen-bond acceptors (Lipinski definition) is 7. The summed E-state index contributed by atoms with van der Waals surface area (Å²) >= 11 is 0. The van der Waals surface area contributed by atoms with Crippen LogP contribution in [-0.2, 0) is 16.0 Å². The molecule has 198 valence electrons. The molecule has 2 aromatic rings. The van der Waals surface area contributed by atoms with E-state index in [2.05, 4.69) is 9.97 Å². The van der Waals surface area contributed by atoms with Crippen molar-refractivity contribution in [3.05, 3.63) is 41.7 Å². The van der Waals surface area contributed by atoms with Gasteiger partial charge in [0.25, 0.3) is 5.91 Å². The lowest BCUT2D eigenvalue weighted by Crippen LogP contribution is -2.49. The lowest BCUT2D eigenvalue weighted by Gasteiger charge is -2.35. The van der Waals surface area contributed by atoms with Gasteiger partial charge in [-0.25, -0.2) is 18.4 Å². The van der Waals surface area contributed by atoms with Crippen molar-refractivity contribution in [1.82, 2.24) is 14.9 Å². The molecule has 1 aromatic heterocycles. The predicted octanol–water partition coefficient (Wildman–Crippen LogP) is 3.58. The Labute approximate surface area is 202 Å².